The number of rotatable bonds is 6. The number of halogens is 2. The second-order valence-electron chi connectivity index (χ2n) is 3.45. The summed E-state index contributed by atoms with van der Waals surface area (Å²) in [6, 6.07) is -0.516. The van der Waals surface area contributed by atoms with Gasteiger partial charge < -0.3 is 0 Å². The van der Waals surface area contributed by atoms with E-state index in [1.807, 2.05) is 6.92 Å². The average molecular weight is 405 g/mol. The van der Waals surface area contributed by atoms with Crippen LogP contribution in [0.3, 0.4) is 0 Å². The molecule has 16 heavy (non-hydrogen) atoms. The summed E-state index contributed by atoms with van der Waals surface area (Å²) < 4.78 is 11.1. The van der Waals surface area contributed by atoms with E-state index in [4.69, 9.17) is 21.5 Å². The number of hydrogen-bond acceptors (Lipinski definition) is 5. The number of nitrogens with two attached hydrogens (primary N) is 1. The monoisotopic (exact) mass is 404 g/mol. The first-order valence-electron chi connectivity index (χ1n) is 4.72. The first-order chi connectivity index (χ1) is 7.60. The summed E-state index contributed by atoms with van der Waals surface area (Å²) in [7, 11) is 5.77. The van der Waals surface area contributed by atoms with Gasteiger partial charge in [-0.2, -0.15) is 0 Å². The van der Waals surface area contributed by atoms with Crippen LogP contribution in [0.1, 0.15) is 6.92 Å². The Hall–Kier alpha value is 0.785. The summed E-state index contributed by atoms with van der Waals surface area (Å²) in [6.07, 6.45) is -0.427. The van der Waals surface area contributed by atoms with E-state index in [1.54, 1.807) is 0 Å². The van der Waals surface area contributed by atoms with Crippen molar-refractivity contribution in [2.24, 2.45) is 11.8 Å². The minimum absolute atomic E-state index is 0.0707. The number of hydrogen-bond donors (Lipinski definition) is 1. The molecular weight excluding hydrogens is 392 g/mol. The molecule has 4 atom stereocenters. The van der Waals surface area contributed by atoms with Crippen molar-refractivity contribution in [1.29, 1.82) is 0 Å². The molecule has 8 heteroatoms. The zero-order valence-electron chi connectivity index (χ0n) is 8.77. The Labute approximate surface area is 115 Å². The molecule has 1 aliphatic heterocycles. The number of carbonyl (C=O) groups excluding carboxylic acids is 1. The van der Waals surface area contributed by atoms with Gasteiger partial charge in [0, 0.05) is 0 Å². The van der Waals surface area contributed by atoms with Crippen LogP contribution in [0.2, 0.25) is 0 Å². The van der Waals surface area contributed by atoms with Crippen LogP contribution in [0, 0.1) is 5.92 Å². The second kappa shape index (κ2) is 7.27. The van der Waals surface area contributed by atoms with Crippen molar-refractivity contribution in [3.63, 3.8) is 0 Å². The summed E-state index contributed by atoms with van der Waals surface area (Å²) >= 11 is 2.14. The van der Waals surface area contributed by atoms with Gasteiger partial charge in [-0.15, -0.1) is 0 Å². The molecule has 0 bridgehead atoms. The molecule has 1 fully saturated rings. The fourth-order valence-corrected chi connectivity index (χ4v) is 3.48. The summed E-state index contributed by atoms with van der Waals surface area (Å²) in [4.78, 5) is 15.7. The van der Waals surface area contributed by atoms with Gasteiger partial charge in [0.2, 0.25) is 0 Å². The fraction of sp³-hybridized carbons (Fsp3) is 0.875. The van der Waals surface area contributed by atoms with Crippen molar-refractivity contribution < 1.29 is 39.1 Å². The number of ether oxygens (including phenoxy) is 1. The zero-order valence-corrected chi connectivity index (χ0v) is 12.5. The summed E-state index contributed by atoms with van der Waals surface area (Å²) in [5.41, 5.74) is 0. The van der Waals surface area contributed by atoms with E-state index >= 15 is 0 Å². The van der Waals surface area contributed by atoms with Crippen LogP contribution >= 0.6 is 15.9 Å². The van der Waals surface area contributed by atoms with Gasteiger partial charge >= 0.3 is 116 Å². The molecule has 0 spiro atoms. The second-order valence-corrected chi connectivity index (χ2v) is 6.16. The fourth-order valence-electron chi connectivity index (χ4n) is 1.45. The van der Waals surface area contributed by atoms with Gasteiger partial charge in [-0.25, -0.2) is 0 Å². The molecule has 5 nitrogen and oxygen atoms in total. The van der Waals surface area contributed by atoms with Crippen LogP contribution in [0.15, 0.2) is 0 Å². The Balaban J connectivity index is 2.44. The van der Waals surface area contributed by atoms with E-state index in [-0.39, 0.29) is 28.5 Å². The molecular formula is C8H13BBrINO4-. The third kappa shape index (κ3) is 3.92. The van der Waals surface area contributed by atoms with Crippen molar-refractivity contribution in [2.75, 3.05) is 11.9 Å². The van der Waals surface area contributed by atoms with Crippen LogP contribution in [-0.4, -0.2) is 41.8 Å². The van der Waals surface area contributed by atoms with E-state index in [0.717, 1.165) is 0 Å². The molecule has 2 N–H and O–H groups in total. The van der Waals surface area contributed by atoms with Gasteiger partial charge in [0.1, 0.15) is 0 Å². The Morgan fingerprint density at radius 1 is 1.69 bits per heavy atom. The Morgan fingerprint density at radius 3 is 2.94 bits per heavy atom. The van der Waals surface area contributed by atoms with Gasteiger partial charge in [0.05, 0.1) is 0 Å². The minimum atomic E-state index is -0.952. The van der Waals surface area contributed by atoms with Crippen LogP contribution in [-0.2, 0) is 17.4 Å². The standard InChI is InChI=1S/C8H13BBrINO4/c1-4-5(3-14-12)15-8(9)7(4)16-11-6(13)2-10/h4-5,7-8H,2-3,12H2,1H3/q-1/t4?,5-,7?,8-/m1/s1. The normalized spacial score (nSPS) is 34.4. The van der Waals surface area contributed by atoms with Gasteiger partial charge in [-0.1, -0.05) is 0 Å². The van der Waals surface area contributed by atoms with E-state index in [0.29, 0.717) is 5.33 Å². The molecule has 0 amide bonds. The van der Waals surface area contributed by atoms with Gasteiger partial charge in [-0.05, 0) is 0 Å². The SMILES string of the molecule is [B][C@@H]1O[C@H](CON)C(C)C1O[I-]C(=O)CBr. The molecule has 1 saturated heterocycles. The molecule has 1 rings (SSSR count). The molecule has 92 valence electrons. The predicted octanol–water partition coefficient (Wildman–Crippen LogP) is -3.28. The van der Waals surface area contributed by atoms with Gasteiger partial charge in [0.25, 0.3) is 0 Å². The number of carbonyl (C=O) groups is 1. The third-order valence-corrected chi connectivity index (χ3v) is 5.63. The topological polar surface area (TPSA) is 70.8 Å². The van der Waals surface area contributed by atoms with Crippen molar-refractivity contribution in [2.45, 2.75) is 25.1 Å². The molecule has 0 aromatic rings. The van der Waals surface area contributed by atoms with Crippen LogP contribution < -0.4 is 27.5 Å². The number of alkyl halides is 1. The van der Waals surface area contributed by atoms with Crippen LogP contribution in [0.5, 0.6) is 0 Å². The maximum absolute atomic E-state index is 11.1. The zero-order chi connectivity index (χ0) is 12.1. The van der Waals surface area contributed by atoms with Crippen molar-refractivity contribution >= 4 is 27.6 Å². The van der Waals surface area contributed by atoms with E-state index in [1.165, 1.54) is 0 Å². The van der Waals surface area contributed by atoms with E-state index < -0.39 is 27.6 Å². The molecule has 2 unspecified atom stereocenters. The van der Waals surface area contributed by atoms with Crippen molar-refractivity contribution in [3.05, 3.63) is 0 Å². The molecule has 0 aliphatic carbocycles. The Bertz CT molecular complexity index is 248. The van der Waals surface area contributed by atoms with Crippen molar-refractivity contribution in [3.8, 4) is 0 Å². The average Bonchev–Trinajstić information content (AvgIpc) is 2.52. The van der Waals surface area contributed by atoms with Crippen LogP contribution in [0.25, 0.3) is 0 Å². The Morgan fingerprint density at radius 2 is 2.38 bits per heavy atom. The van der Waals surface area contributed by atoms with Gasteiger partial charge in [-0.3, -0.25) is 0 Å². The first-order valence-corrected chi connectivity index (χ1v) is 7.80. The molecule has 0 aromatic carbocycles. The Kier molecular flexibility index (Phi) is 6.75. The summed E-state index contributed by atoms with van der Waals surface area (Å²) in [5, 5.41) is 0.326. The molecule has 1 heterocycles. The first kappa shape index (κ1) is 14.8. The molecule has 0 aromatic heterocycles. The molecule has 1 aliphatic rings. The molecule has 2 radical (unpaired) electrons. The predicted molar refractivity (Wildman–Crippen MR) is 57.4 cm³/mol. The van der Waals surface area contributed by atoms with Gasteiger partial charge in [0.15, 0.2) is 0 Å². The quantitative estimate of drug-likeness (QED) is 0.165. The van der Waals surface area contributed by atoms with Crippen molar-refractivity contribution in [1.82, 2.24) is 0 Å². The third-order valence-electron chi connectivity index (χ3n) is 2.36. The maximum atomic E-state index is 11.1. The summed E-state index contributed by atoms with van der Waals surface area (Å²) in [6.45, 7) is 2.23. The van der Waals surface area contributed by atoms with Crippen LogP contribution in [0.4, 0.5) is 0 Å². The summed E-state index contributed by atoms with van der Waals surface area (Å²) in [5.74, 6) is 5.06. The van der Waals surface area contributed by atoms with E-state index in [2.05, 4.69) is 20.8 Å². The molecule has 0 saturated carbocycles. The van der Waals surface area contributed by atoms with E-state index in [9.17, 15) is 4.79 Å².